The molecule has 1 unspecified atom stereocenters. The van der Waals surface area contributed by atoms with Crippen LogP contribution in [0.2, 0.25) is 5.02 Å². The Balaban J connectivity index is 2.21. The first-order chi connectivity index (χ1) is 8.55. The van der Waals surface area contributed by atoms with Crippen LogP contribution in [-0.2, 0) is 4.79 Å². The predicted molar refractivity (Wildman–Crippen MR) is 69.0 cm³/mol. The topological polar surface area (TPSA) is 79.3 Å². The highest BCUT2D eigenvalue weighted by Crippen LogP contribution is 2.29. The van der Waals surface area contributed by atoms with Crippen molar-refractivity contribution in [1.82, 2.24) is 10.3 Å². The summed E-state index contributed by atoms with van der Waals surface area (Å²) in [6.07, 6.45) is 3.21. The van der Waals surface area contributed by atoms with Crippen LogP contribution >= 0.6 is 23.4 Å². The van der Waals surface area contributed by atoms with Gasteiger partial charge in [0.25, 0.3) is 5.91 Å². The fourth-order valence-electron chi connectivity index (χ4n) is 1.71. The van der Waals surface area contributed by atoms with Crippen LogP contribution in [0, 0.1) is 0 Å². The van der Waals surface area contributed by atoms with Gasteiger partial charge in [-0.1, -0.05) is 11.6 Å². The van der Waals surface area contributed by atoms with E-state index in [0.717, 1.165) is 0 Å². The Bertz CT molecular complexity index is 489. The number of aliphatic carboxylic acids is 1. The monoisotopic (exact) mass is 286 g/mol. The second-order valence-electron chi connectivity index (χ2n) is 4.00. The number of hydrogen-bond donors (Lipinski definition) is 2. The van der Waals surface area contributed by atoms with Crippen molar-refractivity contribution in [1.29, 1.82) is 0 Å². The summed E-state index contributed by atoms with van der Waals surface area (Å²) in [5.74, 6) is -0.432. The van der Waals surface area contributed by atoms with Gasteiger partial charge in [0.1, 0.15) is 5.54 Å². The van der Waals surface area contributed by atoms with E-state index < -0.39 is 17.4 Å². The number of carbonyl (C=O) groups is 2. The van der Waals surface area contributed by atoms with Crippen molar-refractivity contribution in [2.45, 2.75) is 12.0 Å². The highest BCUT2D eigenvalue weighted by Gasteiger charge is 2.43. The van der Waals surface area contributed by atoms with Gasteiger partial charge in [0, 0.05) is 18.1 Å². The Morgan fingerprint density at radius 3 is 2.89 bits per heavy atom. The zero-order valence-corrected chi connectivity index (χ0v) is 10.9. The summed E-state index contributed by atoms with van der Waals surface area (Å²) < 4.78 is 0. The van der Waals surface area contributed by atoms with Crippen molar-refractivity contribution in [3.05, 3.63) is 29.0 Å². The van der Waals surface area contributed by atoms with Crippen LogP contribution in [0.4, 0.5) is 0 Å². The maximum absolute atomic E-state index is 12.0. The van der Waals surface area contributed by atoms with Gasteiger partial charge in [0.2, 0.25) is 0 Å². The fraction of sp³-hybridized carbons (Fsp3) is 0.364. The standard InChI is InChI=1S/C11H11ClN2O3S/c12-8-1-3-13-5-7(8)9(15)14-11(10(16)17)2-4-18-6-11/h1,3,5H,2,4,6H2,(H,14,15)(H,16,17). The number of hydrogen-bond acceptors (Lipinski definition) is 4. The molecule has 0 aromatic carbocycles. The third-order valence-corrected chi connectivity index (χ3v) is 4.32. The number of halogens is 1. The molecule has 1 atom stereocenters. The third kappa shape index (κ3) is 2.44. The average molecular weight is 287 g/mol. The Morgan fingerprint density at radius 2 is 2.33 bits per heavy atom. The summed E-state index contributed by atoms with van der Waals surface area (Å²) in [4.78, 5) is 27.1. The number of carboxylic acid groups (broad SMARTS) is 1. The van der Waals surface area contributed by atoms with Crippen molar-refractivity contribution in [2.24, 2.45) is 0 Å². The first-order valence-corrected chi connectivity index (χ1v) is 6.82. The lowest BCUT2D eigenvalue weighted by Crippen LogP contribution is -2.54. The molecule has 0 aliphatic carbocycles. The molecule has 1 fully saturated rings. The summed E-state index contributed by atoms with van der Waals surface area (Å²) in [5.41, 5.74) is -1.00. The summed E-state index contributed by atoms with van der Waals surface area (Å²) in [6.45, 7) is 0. The van der Waals surface area contributed by atoms with E-state index >= 15 is 0 Å². The molecule has 18 heavy (non-hydrogen) atoms. The number of carboxylic acids is 1. The van der Waals surface area contributed by atoms with Crippen LogP contribution in [0.15, 0.2) is 18.5 Å². The molecular weight excluding hydrogens is 276 g/mol. The third-order valence-electron chi connectivity index (χ3n) is 2.80. The van der Waals surface area contributed by atoms with Gasteiger partial charge in [0.05, 0.1) is 10.6 Å². The van der Waals surface area contributed by atoms with Gasteiger partial charge in [-0.2, -0.15) is 11.8 Å². The van der Waals surface area contributed by atoms with E-state index in [2.05, 4.69) is 10.3 Å². The average Bonchev–Trinajstić information content (AvgIpc) is 2.79. The number of aromatic nitrogens is 1. The summed E-state index contributed by atoms with van der Waals surface area (Å²) in [5, 5.41) is 12.1. The lowest BCUT2D eigenvalue weighted by Gasteiger charge is -2.24. The summed E-state index contributed by atoms with van der Waals surface area (Å²) in [6, 6.07) is 1.49. The number of pyridine rings is 1. The van der Waals surface area contributed by atoms with Gasteiger partial charge >= 0.3 is 5.97 Å². The van der Waals surface area contributed by atoms with Crippen molar-refractivity contribution in [2.75, 3.05) is 11.5 Å². The van der Waals surface area contributed by atoms with Crippen LogP contribution in [-0.4, -0.2) is 39.0 Å². The number of carbonyl (C=O) groups excluding carboxylic acids is 1. The molecule has 2 rings (SSSR count). The molecule has 5 nitrogen and oxygen atoms in total. The van der Waals surface area contributed by atoms with Crippen LogP contribution in [0.3, 0.4) is 0 Å². The maximum atomic E-state index is 12.0. The number of rotatable bonds is 3. The molecule has 1 aromatic rings. The van der Waals surface area contributed by atoms with E-state index in [4.69, 9.17) is 11.6 Å². The van der Waals surface area contributed by atoms with Crippen molar-refractivity contribution >= 4 is 35.2 Å². The van der Waals surface area contributed by atoms with Gasteiger partial charge in [-0.15, -0.1) is 0 Å². The number of nitrogens with one attached hydrogen (secondary N) is 1. The van der Waals surface area contributed by atoms with Crippen LogP contribution in [0.5, 0.6) is 0 Å². The molecule has 0 radical (unpaired) electrons. The van der Waals surface area contributed by atoms with Crippen molar-refractivity contribution in [3.63, 3.8) is 0 Å². The van der Waals surface area contributed by atoms with E-state index in [1.165, 1.54) is 30.2 Å². The number of amides is 1. The molecule has 0 bridgehead atoms. The Morgan fingerprint density at radius 1 is 1.56 bits per heavy atom. The summed E-state index contributed by atoms with van der Waals surface area (Å²) >= 11 is 7.38. The molecule has 1 saturated heterocycles. The highest BCUT2D eigenvalue weighted by molar-refractivity contribution is 7.99. The minimum atomic E-state index is -1.19. The first kappa shape index (κ1) is 13.2. The molecule has 1 aliphatic heterocycles. The van der Waals surface area contributed by atoms with Gasteiger partial charge < -0.3 is 10.4 Å². The smallest absolute Gasteiger partial charge is 0.330 e. The largest absolute Gasteiger partial charge is 0.479 e. The van der Waals surface area contributed by atoms with E-state index in [-0.39, 0.29) is 10.6 Å². The highest BCUT2D eigenvalue weighted by atomic mass is 35.5. The molecule has 0 saturated carbocycles. The molecule has 1 amide bonds. The minimum Gasteiger partial charge on any atom is -0.479 e. The van der Waals surface area contributed by atoms with Crippen molar-refractivity contribution in [3.8, 4) is 0 Å². The van der Waals surface area contributed by atoms with Crippen LogP contribution < -0.4 is 5.32 Å². The van der Waals surface area contributed by atoms with Gasteiger partial charge in [-0.05, 0) is 18.2 Å². The van der Waals surface area contributed by atoms with Crippen LogP contribution in [0.25, 0.3) is 0 Å². The normalized spacial score (nSPS) is 22.7. The van der Waals surface area contributed by atoms with Gasteiger partial charge in [-0.3, -0.25) is 9.78 Å². The molecule has 0 spiro atoms. The molecule has 1 aromatic heterocycles. The summed E-state index contributed by atoms with van der Waals surface area (Å²) in [7, 11) is 0. The minimum absolute atomic E-state index is 0.191. The van der Waals surface area contributed by atoms with E-state index in [1.54, 1.807) is 0 Å². The Labute approximate surface area is 113 Å². The molecular formula is C11H11ClN2O3S. The van der Waals surface area contributed by atoms with E-state index in [1.807, 2.05) is 0 Å². The molecule has 2 heterocycles. The SMILES string of the molecule is O=C(NC1(C(=O)O)CCSC1)c1cnccc1Cl. The molecule has 1 aliphatic rings. The molecule has 96 valence electrons. The second-order valence-corrected chi connectivity index (χ2v) is 5.51. The van der Waals surface area contributed by atoms with Crippen LogP contribution in [0.1, 0.15) is 16.8 Å². The quantitative estimate of drug-likeness (QED) is 0.879. The van der Waals surface area contributed by atoms with Gasteiger partial charge in [-0.25, -0.2) is 4.79 Å². The van der Waals surface area contributed by atoms with E-state index in [9.17, 15) is 14.7 Å². The Hall–Kier alpha value is -1.27. The van der Waals surface area contributed by atoms with Crippen molar-refractivity contribution < 1.29 is 14.7 Å². The molecule has 7 heteroatoms. The maximum Gasteiger partial charge on any atom is 0.330 e. The number of nitrogens with zero attached hydrogens (tertiary/aromatic N) is 1. The molecule has 2 N–H and O–H groups in total. The fourth-order valence-corrected chi connectivity index (χ4v) is 3.23. The number of thioether (sulfide) groups is 1. The van der Waals surface area contributed by atoms with Gasteiger partial charge in [0.15, 0.2) is 0 Å². The Kier molecular flexibility index (Phi) is 3.77. The zero-order valence-electron chi connectivity index (χ0n) is 9.35. The lowest BCUT2D eigenvalue weighted by molar-refractivity contribution is -0.143. The van der Waals surface area contributed by atoms with E-state index in [0.29, 0.717) is 17.9 Å². The predicted octanol–water partition coefficient (Wildman–Crippen LogP) is 1.43. The second kappa shape index (κ2) is 5.16. The first-order valence-electron chi connectivity index (χ1n) is 5.28. The zero-order chi connectivity index (χ0) is 13.2. The lowest BCUT2D eigenvalue weighted by atomic mass is 9.98.